The Hall–Kier alpha value is -1.55. The van der Waals surface area contributed by atoms with E-state index in [1.54, 1.807) is 24.3 Å². The lowest BCUT2D eigenvalue weighted by Crippen LogP contribution is -2.30. The molecule has 18 heavy (non-hydrogen) atoms. The molecule has 0 aliphatic heterocycles. The molecule has 0 saturated heterocycles. The molecule has 1 atom stereocenters. The summed E-state index contributed by atoms with van der Waals surface area (Å²) in [6, 6.07) is 6.71. The molecule has 0 bridgehead atoms. The van der Waals surface area contributed by atoms with Crippen LogP contribution in [0.25, 0.3) is 0 Å². The number of phenolic OH excluding ortho intramolecular Hbond substituents is 1. The Morgan fingerprint density at radius 1 is 1.28 bits per heavy atom. The fraction of sp³-hybridized carbons (Fsp3) is 0.500. The number of phenols is 1. The SMILES string of the molecule is CCOC(Cc1ccc(O)cc1)C(=O)OC(C)C. The van der Waals surface area contributed by atoms with Crippen molar-refractivity contribution in [2.24, 2.45) is 0 Å². The van der Waals surface area contributed by atoms with Crippen molar-refractivity contribution in [2.75, 3.05) is 6.61 Å². The second kappa shape index (κ2) is 7.01. The minimum absolute atomic E-state index is 0.153. The molecular weight excluding hydrogens is 232 g/mol. The monoisotopic (exact) mass is 252 g/mol. The molecule has 0 aromatic heterocycles. The number of ether oxygens (including phenoxy) is 2. The maximum Gasteiger partial charge on any atom is 0.335 e. The van der Waals surface area contributed by atoms with Crippen LogP contribution in [-0.2, 0) is 20.7 Å². The first kappa shape index (κ1) is 14.5. The molecule has 4 nitrogen and oxygen atoms in total. The molecule has 1 aromatic rings. The summed E-state index contributed by atoms with van der Waals surface area (Å²) in [7, 11) is 0. The zero-order chi connectivity index (χ0) is 13.5. The largest absolute Gasteiger partial charge is 0.508 e. The number of carbonyl (C=O) groups excluding carboxylic acids is 1. The standard InChI is InChI=1S/C14H20O4/c1-4-17-13(14(16)18-10(2)3)9-11-5-7-12(15)8-6-11/h5-8,10,13,15H,4,9H2,1-3H3. The first-order valence-corrected chi connectivity index (χ1v) is 6.13. The lowest BCUT2D eigenvalue weighted by molar-refractivity contribution is -0.160. The summed E-state index contributed by atoms with van der Waals surface area (Å²) in [4.78, 5) is 11.8. The third-order valence-electron chi connectivity index (χ3n) is 2.34. The Morgan fingerprint density at radius 2 is 1.89 bits per heavy atom. The minimum Gasteiger partial charge on any atom is -0.508 e. The first-order chi connectivity index (χ1) is 8.52. The van der Waals surface area contributed by atoms with E-state index < -0.39 is 6.10 Å². The summed E-state index contributed by atoms with van der Waals surface area (Å²) in [6.07, 6.45) is -0.304. The molecule has 0 aliphatic carbocycles. The third kappa shape index (κ3) is 4.75. The smallest absolute Gasteiger partial charge is 0.335 e. The van der Waals surface area contributed by atoms with Gasteiger partial charge in [0.2, 0.25) is 0 Å². The van der Waals surface area contributed by atoms with Gasteiger partial charge in [-0.15, -0.1) is 0 Å². The molecule has 4 heteroatoms. The zero-order valence-electron chi connectivity index (χ0n) is 11.1. The zero-order valence-corrected chi connectivity index (χ0v) is 11.1. The highest BCUT2D eigenvalue weighted by Crippen LogP contribution is 2.13. The normalized spacial score (nSPS) is 12.4. The van der Waals surface area contributed by atoms with Gasteiger partial charge in [-0.05, 0) is 38.5 Å². The van der Waals surface area contributed by atoms with Gasteiger partial charge in [-0.2, -0.15) is 0 Å². The predicted molar refractivity (Wildman–Crippen MR) is 68.5 cm³/mol. The highest BCUT2D eigenvalue weighted by molar-refractivity contribution is 5.75. The molecule has 1 rings (SSSR count). The molecule has 0 amide bonds. The Kier molecular flexibility index (Phi) is 5.65. The van der Waals surface area contributed by atoms with Crippen LogP contribution in [0.2, 0.25) is 0 Å². The summed E-state index contributed by atoms with van der Waals surface area (Å²) >= 11 is 0. The van der Waals surface area contributed by atoms with Gasteiger partial charge in [0.25, 0.3) is 0 Å². The average molecular weight is 252 g/mol. The van der Waals surface area contributed by atoms with Crippen molar-refractivity contribution in [2.45, 2.75) is 39.4 Å². The molecule has 0 heterocycles. The van der Waals surface area contributed by atoms with Crippen LogP contribution in [0.3, 0.4) is 0 Å². The molecule has 100 valence electrons. The van der Waals surface area contributed by atoms with Gasteiger partial charge in [-0.3, -0.25) is 0 Å². The minimum atomic E-state index is -0.595. The van der Waals surface area contributed by atoms with E-state index in [0.29, 0.717) is 13.0 Å². The van der Waals surface area contributed by atoms with Gasteiger partial charge >= 0.3 is 5.97 Å². The van der Waals surface area contributed by atoms with Crippen LogP contribution in [-0.4, -0.2) is 29.9 Å². The average Bonchev–Trinajstić information content (AvgIpc) is 2.30. The van der Waals surface area contributed by atoms with Gasteiger partial charge in [0.15, 0.2) is 6.10 Å². The lowest BCUT2D eigenvalue weighted by Gasteiger charge is -2.17. The van der Waals surface area contributed by atoms with E-state index in [-0.39, 0.29) is 17.8 Å². The van der Waals surface area contributed by atoms with Gasteiger partial charge < -0.3 is 14.6 Å². The molecule has 0 fully saturated rings. The number of hydrogen-bond donors (Lipinski definition) is 1. The van der Waals surface area contributed by atoms with Crippen LogP contribution in [0, 0.1) is 0 Å². The summed E-state index contributed by atoms with van der Waals surface area (Å²) in [5.41, 5.74) is 0.923. The topological polar surface area (TPSA) is 55.8 Å². The fourth-order valence-electron chi connectivity index (χ4n) is 1.57. The number of aromatic hydroxyl groups is 1. The molecule has 0 aliphatic rings. The van der Waals surface area contributed by atoms with Crippen LogP contribution in [0.4, 0.5) is 0 Å². The van der Waals surface area contributed by atoms with Crippen molar-refractivity contribution >= 4 is 5.97 Å². The van der Waals surface area contributed by atoms with Crippen LogP contribution >= 0.6 is 0 Å². The van der Waals surface area contributed by atoms with Crippen LogP contribution < -0.4 is 0 Å². The van der Waals surface area contributed by atoms with E-state index in [0.717, 1.165) is 5.56 Å². The Morgan fingerprint density at radius 3 is 2.39 bits per heavy atom. The third-order valence-corrected chi connectivity index (χ3v) is 2.34. The highest BCUT2D eigenvalue weighted by Gasteiger charge is 2.21. The first-order valence-electron chi connectivity index (χ1n) is 6.13. The van der Waals surface area contributed by atoms with Gasteiger partial charge in [0.05, 0.1) is 6.10 Å². The highest BCUT2D eigenvalue weighted by atomic mass is 16.6. The Balaban J connectivity index is 2.67. The number of hydrogen-bond acceptors (Lipinski definition) is 4. The number of esters is 1. The molecule has 1 N–H and O–H groups in total. The van der Waals surface area contributed by atoms with E-state index >= 15 is 0 Å². The number of rotatable bonds is 6. The lowest BCUT2D eigenvalue weighted by atomic mass is 10.1. The molecule has 1 unspecified atom stereocenters. The van der Waals surface area contributed by atoms with Crippen molar-refractivity contribution in [1.29, 1.82) is 0 Å². The summed E-state index contributed by atoms with van der Waals surface area (Å²) in [5, 5.41) is 9.20. The molecule has 0 saturated carbocycles. The molecule has 1 aromatic carbocycles. The van der Waals surface area contributed by atoms with Crippen molar-refractivity contribution < 1.29 is 19.4 Å². The fourth-order valence-corrected chi connectivity index (χ4v) is 1.57. The van der Waals surface area contributed by atoms with E-state index in [9.17, 15) is 9.90 Å². The van der Waals surface area contributed by atoms with E-state index in [1.807, 2.05) is 20.8 Å². The molecule has 0 radical (unpaired) electrons. The van der Waals surface area contributed by atoms with Gasteiger partial charge in [0.1, 0.15) is 5.75 Å². The van der Waals surface area contributed by atoms with Crippen molar-refractivity contribution in [3.63, 3.8) is 0 Å². The van der Waals surface area contributed by atoms with E-state index in [2.05, 4.69) is 0 Å². The van der Waals surface area contributed by atoms with Crippen molar-refractivity contribution in [1.82, 2.24) is 0 Å². The quantitative estimate of drug-likeness (QED) is 0.789. The van der Waals surface area contributed by atoms with Crippen LogP contribution in [0.1, 0.15) is 26.3 Å². The van der Waals surface area contributed by atoms with Gasteiger partial charge in [-0.1, -0.05) is 12.1 Å². The summed E-state index contributed by atoms with van der Waals surface area (Å²) in [6.45, 7) is 5.91. The second-order valence-corrected chi connectivity index (χ2v) is 4.30. The Labute approximate surface area is 108 Å². The Bertz CT molecular complexity index is 370. The molecular formula is C14H20O4. The van der Waals surface area contributed by atoms with E-state index in [1.165, 1.54) is 0 Å². The summed E-state index contributed by atoms with van der Waals surface area (Å²) < 4.78 is 10.5. The summed E-state index contributed by atoms with van der Waals surface area (Å²) in [5.74, 6) is -0.142. The van der Waals surface area contributed by atoms with Crippen molar-refractivity contribution in [3.8, 4) is 5.75 Å². The van der Waals surface area contributed by atoms with Crippen molar-refractivity contribution in [3.05, 3.63) is 29.8 Å². The second-order valence-electron chi connectivity index (χ2n) is 4.30. The maximum absolute atomic E-state index is 11.8. The van der Waals surface area contributed by atoms with Gasteiger partial charge in [0, 0.05) is 13.0 Å². The molecule has 0 spiro atoms. The number of benzene rings is 1. The van der Waals surface area contributed by atoms with Crippen LogP contribution in [0.15, 0.2) is 24.3 Å². The predicted octanol–water partition coefficient (Wildman–Crippen LogP) is 2.29. The van der Waals surface area contributed by atoms with Gasteiger partial charge in [-0.25, -0.2) is 4.79 Å². The van der Waals surface area contributed by atoms with E-state index in [4.69, 9.17) is 9.47 Å². The van der Waals surface area contributed by atoms with Crippen LogP contribution in [0.5, 0.6) is 5.75 Å². The number of carbonyl (C=O) groups is 1. The maximum atomic E-state index is 11.8.